The van der Waals surface area contributed by atoms with Gasteiger partial charge in [0.2, 0.25) is 11.8 Å². The molecule has 2 aromatic heterocycles. The quantitative estimate of drug-likeness (QED) is 0.144. The van der Waals surface area contributed by atoms with Gasteiger partial charge in [0, 0.05) is 44.7 Å². The van der Waals surface area contributed by atoms with Gasteiger partial charge < -0.3 is 28.7 Å². The van der Waals surface area contributed by atoms with E-state index < -0.39 is 5.60 Å². The van der Waals surface area contributed by atoms with E-state index in [1.807, 2.05) is 105 Å². The summed E-state index contributed by atoms with van der Waals surface area (Å²) < 4.78 is 26.6. The van der Waals surface area contributed by atoms with Gasteiger partial charge in [-0.2, -0.15) is 10.1 Å². The lowest BCUT2D eigenvalue weighted by Gasteiger charge is -2.38. The zero-order chi connectivity index (χ0) is 36.1. The number of aromatic nitrogens is 3. The van der Waals surface area contributed by atoms with Gasteiger partial charge in [-0.05, 0) is 69.7 Å². The molecule has 0 unspecified atom stereocenters. The van der Waals surface area contributed by atoms with Gasteiger partial charge in [0.1, 0.15) is 24.5 Å². The molecule has 2 fully saturated rings. The molecule has 0 spiro atoms. The van der Waals surface area contributed by atoms with Crippen molar-refractivity contribution in [3.05, 3.63) is 102 Å². The number of para-hydroxylation sites is 1. The van der Waals surface area contributed by atoms with E-state index in [0.717, 1.165) is 77.7 Å². The van der Waals surface area contributed by atoms with Crippen molar-refractivity contribution < 1.29 is 23.7 Å². The molecule has 0 aliphatic carbocycles. The summed E-state index contributed by atoms with van der Waals surface area (Å²) in [7, 11) is 2.00. The number of pyridine rings is 1. The lowest BCUT2D eigenvalue weighted by Crippen LogP contribution is -2.45. The molecule has 272 valence electrons. The molecular weight excluding hydrogens is 654 g/mol. The summed E-state index contributed by atoms with van der Waals surface area (Å²) in [6, 6.07) is 30.5. The highest BCUT2D eigenvalue weighted by molar-refractivity contribution is 6.01. The third-order valence-corrected chi connectivity index (χ3v) is 9.64. The van der Waals surface area contributed by atoms with Gasteiger partial charge >= 0.3 is 6.09 Å². The fraction of sp³-hybridized carbons (Fsp3) is 0.405. The summed E-state index contributed by atoms with van der Waals surface area (Å²) >= 11 is 0. The van der Waals surface area contributed by atoms with E-state index in [2.05, 4.69) is 23.1 Å². The van der Waals surface area contributed by atoms with Crippen molar-refractivity contribution in [2.24, 2.45) is 7.05 Å². The van der Waals surface area contributed by atoms with Gasteiger partial charge in [0.25, 0.3) is 0 Å². The Hall–Kier alpha value is -5.09. The summed E-state index contributed by atoms with van der Waals surface area (Å²) in [6.45, 7) is 9.61. The molecule has 52 heavy (non-hydrogen) atoms. The first-order chi connectivity index (χ1) is 25.2. The van der Waals surface area contributed by atoms with Crippen molar-refractivity contribution in [2.45, 2.75) is 77.5 Å². The number of likely N-dealkylation sites (tertiary alicyclic amines) is 1. The van der Waals surface area contributed by atoms with Gasteiger partial charge in [-0.1, -0.05) is 72.8 Å². The van der Waals surface area contributed by atoms with Crippen LogP contribution in [0.25, 0.3) is 22.2 Å². The van der Waals surface area contributed by atoms with Crippen LogP contribution in [0.5, 0.6) is 11.8 Å². The SMILES string of the molecule is Cn1nc(-c2ccc(OCc3ccccc3)nc2OCc2ccccc2)c2cccc(N3CCC(OC4CCN(C(=O)OC(C)(C)C)CC4)CC3)c21. The topological polar surface area (TPSA) is 91.2 Å². The van der Waals surface area contributed by atoms with Crippen molar-refractivity contribution in [2.75, 3.05) is 31.1 Å². The van der Waals surface area contributed by atoms with E-state index in [0.29, 0.717) is 38.1 Å². The Balaban J connectivity index is 1.05. The van der Waals surface area contributed by atoms with Crippen LogP contribution in [0.4, 0.5) is 10.5 Å². The first kappa shape index (κ1) is 35.3. The third-order valence-electron chi connectivity index (χ3n) is 9.64. The average molecular weight is 704 g/mol. The number of ether oxygens (including phenoxy) is 4. The fourth-order valence-electron chi connectivity index (χ4n) is 7.03. The molecular formula is C42H49N5O5. The number of carbonyl (C=O) groups is 1. The van der Waals surface area contributed by atoms with Crippen molar-refractivity contribution >= 4 is 22.7 Å². The van der Waals surface area contributed by atoms with E-state index in [4.69, 9.17) is 29.0 Å². The number of carbonyl (C=O) groups excluding carboxylic acids is 1. The molecule has 10 nitrogen and oxygen atoms in total. The maximum atomic E-state index is 12.5. The Bertz CT molecular complexity index is 1940. The number of piperidine rings is 2. The van der Waals surface area contributed by atoms with Crippen LogP contribution in [0.3, 0.4) is 0 Å². The molecule has 0 bridgehead atoms. The number of hydrogen-bond acceptors (Lipinski definition) is 8. The molecule has 0 atom stereocenters. The van der Waals surface area contributed by atoms with Gasteiger partial charge in [-0.25, -0.2) is 4.79 Å². The zero-order valence-electron chi connectivity index (χ0n) is 30.7. The molecule has 7 rings (SSSR count). The van der Waals surface area contributed by atoms with E-state index >= 15 is 0 Å². The minimum atomic E-state index is -0.485. The summed E-state index contributed by atoms with van der Waals surface area (Å²) in [6.07, 6.45) is 3.70. The number of rotatable bonds is 10. The van der Waals surface area contributed by atoms with Gasteiger partial charge in [0.05, 0.1) is 29.0 Å². The van der Waals surface area contributed by atoms with Crippen LogP contribution < -0.4 is 14.4 Å². The Morgan fingerprint density at radius 1 is 0.750 bits per heavy atom. The van der Waals surface area contributed by atoms with Crippen LogP contribution in [0.2, 0.25) is 0 Å². The average Bonchev–Trinajstić information content (AvgIpc) is 3.50. The Labute approximate surface area is 306 Å². The van der Waals surface area contributed by atoms with Crippen LogP contribution in [0.1, 0.15) is 57.6 Å². The molecule has 2 aliphatic rings. The smallest absolute Gasteiger partial charge is 0.410 e. The molecule has 5 aromatic rings. The minimum absolute atomic E-state index is 0.167. The highest BCUT2D eigenvalue weighted by atomic mass is 16.6. The molecule has 1 amide bonds. The second-order valence-electron chi connectivity index (χ2n) is 14.7. The molecule has 0 saturated carbocycles. The second kappa shape index (κ2) is 15.7. The number of fused-ring (bicyclic) bond motifs is 1. The molecule has 3 aromatic carbocycles. The first-order valence-electron chi connectivity index (χ1n) is 18.4. The van der Waals surface area contributed by atoms with Crippen LogP contribution in [-0.2, 0) is 29.7 Å². The highest BCUT2D eigenvalue weighted by Crippen LogP contribution is 2.39. The van der Waals surface area contributed by atoms with E-state index in [-0.39, 0.29) is 18.3 Å². The fourth-order valence-corrected chi connectivity index (χ4v) is 7.03. The number of anilines is 1. The lowest BCUT2D eigenvalue weighted by atomic mass is 10.0. The van der Waals surface area contributed by atoms with E-state index in [1.54, 1.807) is 4.90 Å². The van der Waals surface area contributed by atoms with Crippen molar-refractivity contribution in [3.63, 3.8) is 0 Å². The van der Waals surface area contributed by atoms with Gasteiger partial charge in [0.15, 0.2) is 0 Å². The van der Waals surface area contributed by atoms with Crippen LogP contribution in [0, 0.1) is 0 Å². The molecule has 10 heteroatoms. The Morgan fingerprint density at radius 2 is 1.37 bits per heavy atom. The second-order valence-corrected chi connectivity index (χ2v) is 14.7. The van der Waals surface area contributed by atoms with Crippen molar-refractivity contribution in [1.29, 1.82) is 0 Å². The van der Waals surface area contributed by atoms with Crippen LogP contribution in [-0.4, -0.2) is 69.7 Å². The zero-order valence-corrected chi connectivity index (χ0v) is 30.7. The standard InChI is InChI=1S/C42H49N5O5/c1-42(2,3)52-41(48)47-26-22-33(23-27-47)51-32-20-24-46(25-21-32)36-17-11-16-34-38(44-45(4)39(34)36)35-18-19-37(49-28-30-12-7-5-8-13-30)43-40(35)50-29-31-14-9-6-10-15-31/h5-19,32-33H,20-29H2,1-4H3. The predicted molar refractivity (Wildman–Crippen MR) is 203 cm³/mol. The number of benzene rings is 3. The molecule has 0 radical (unpaired) electrons. The summed E-state index contributed by atoms with van der Waals surface area (Å²) in [4.78, 5) is 21.6. The molecule has 2 aliphatic heterocycles. The third kappa shape index (κ3) is 8.50. The van der Waals surface area contributed by atoms with E-state index in [9.17, 15) is 4.79 Å². The van der Waals surface area contributed by atoms with Crippen LogP contribution >= 0.6 is 0 Å². The first-order valence-corrected chi connectivity index (χ1v) is 18.4. The number of amides is 1. The maximum Gasteiger partial charge on any atom is 0.410 e. The van der Waals surface area contributed by atoms with E-state index in [1.165, 1.54) is 0 Å². The Morgan fingerprint density at radius 3 is 2.00 bits per heavy atom. The summed E-state index contributed by atoms with van der Waals surface area (Å²) in [5.41, 5.74) is 5.50. The normalized spacial score (nSPS) is 15.9. The van der Waals surface area contributed by atoms with Crippen molar-refractivity contribution in [3.8, 4) is 23.0 Å². The lowest BCUT2D eigenvalue weighted by molar-refractivity contribution is -0.0535. The number of hydrogen-bond donors (Lipinski definition) is 0. The minimum Gasteiger partial charge on any atom is -0.473 e. The predicted octanol–water partition coefficient (Wildman–Crippen LogP) is 8.18. The number of aryl methyl sites for hydroxylation is 1. The summed E-state index contributed by atoms with van der Waals surface area (Å²) in [5.74, 6) is 0.977. The molecule has 0 N–H and O–H groups in total. The molecule has 2 saturated heterocycles. The summed E-state index contributed by atoms with van der Waals surface area (Å²) in [5, 5.41) is 6.09. The highest BCUT2D eigenvalue weighted by Gasteiger charge is 2.30. The van der Waals surface area contributed by atoms with Gasteiger partial charge in [-0.3, -0.25) is 4.68 Å². The monoisotopic (exact) mass is 703 g/mol. The maximum absolute atomic E-state index is 12.5. The van der Waals surface area contributed by atoms with Crippen LogP contribution in [0.15, 0.2) is 91.0 Å². The van der Waals surface area contributed by atoms with Gasteiger partial charge in [-0.15, -0.1) is 0 Å². The Kier molecular flexibility index (Phi) is 10.6. The molecule has 4 heterocycles. The largest absolute Gasteiger partial charge is 0.473 e. The number of nitrogens with zero attached hydrogens (tertiary/aromatic N) is 5. The van der Waals surface area contributed by atoms with Crippen molar-refractivity contribution in [1.82, 2.24) is 19.7 Å².